The smallest absolute Gasteiger partial charge is 0.328 e. The summed E-state index contributed by atoms with van der Waals surface area (Å²) in [5.74, 6) is -0.327. The number of carbonyl (C=O) groups excluding carboxylic acids is 3. The maximum Gasteiger partial charge on any atom is 0.328 e. The van der Waals surface area contributed by atoms with Gasteiger partial charge in [-0.15, -0.1) is 5.53 Å². The zero-order valence-corrected chi connectivity index (χ0v) is 19.0. The van der Waals surface area contributed by atoms with Crippen LogP contribution >= 0.6 is 0 Å². The monoisotopic (exact) mass is 455 g/mol. The SMILES string of the molecule is COC(=O)[C@H]1CC[C@H](c2ccc3oc(C(=O)N(C)C)cc3c2)CN1C(=O)CCN1C=CNN1. The minimum atomic E-state index is -0.582. The van der Waals surface area contributed by atoms with Gasteiger partial charge in [-0.3, -0.25) is 14.6 Å². The van der Waals surface area contributed by atoms with Gasteiger partial charge in [0.15, 0.2) is 5.76 Å². The van der Waals surface area contributed by atoms with Gasteiger partial charge in [0.1, 0.15) is 11.6 Å². The maximum absolute atomic E-state index is 13.1. The van der Waals surface area contributed by atoms with Crippen molar-refractivity contribution in [3.05, 3.63) is 48.0 Å². The molecule has 2 aliphatic rings. The Balaban J connectivity index is 1.52. The molecule has 176 valence electrons. The number of furan rings is 1. The number of hydrogen-bond donors (Lipinski definition) is 2. The number of nitrogens with one attached hydrogen (secondary N) is 2. The van der Waals surface area contributed by atoms with Crippen molar-refractivity contribution in [1.29, 1.82) is 0 Å². The lowest BCUT2D eigenvalue weighted by atomic mass is 9.86. The fourth-order valence-electron chi connectivity index (χ4n) is 4.32. The molecule has 1 saturated heterocycles. The summed E-state index contributed by atoms with van der Waals surface area (Å²) in [7, 11) is 4.71. The van der Waals surface area contributed by atoms with Crippen LogP contribution in [0.15, 0.2) is 41.1 Å². The Labute approximate surface area is 192 Å². The molecule has 2 atom stereocenters. The average Bonchev–Trinajstić information content (AvgIpc) is 3.50. The van der Waals surface area contributed by atoms with Crippen LogP contribution < -0.4 is 11.0 Å². The molecule has 2 aliphatic heterocycles. The van der Waals surface area contributed by atoms with Crippen LogP contribution in [0.4, 0.5) is 0 Å². The highest BCUT2D eigenvalue weighted by Gasteiger charge is 2.37. The number of hydrazine groups is 2. The Kier molecular flexibility index (Phi) is 6.55. The number of hydrogen-bond acceptors (Lipinski definition) is 8. The van der Waals surface area contributed by atoms with Crippen molar-refractivity contribution in [1.82, 2.24) is 25.8 Å². The van der Waals surface area contributed by atoms with E-state index in [4.69, 9.17) is 9.15 Å². The maximum atomic E-state index is 13.1. The Morgan fingerprint density at radius 1 is 1.21 bits per heavy atom. The number of likely N-dealkylation sites (tertiary alicyclic amines) is 1. The van der Waals surface area contributed by atoms with Crippen molar-refractivity contribution in [2.24, 2.45) is 0 Å². The van der Waals surface area contributed by atoms with Gasteiger partial charge < -0.3 is 24.4 Å². The molecule has 1 aromatic carbocycles. The van der Waals surface area contributed by atoms with Crippen LogP contribution in [0.2, 0.25) is 0 Å². The van der Waals surface area contributed by atoms with Crippen molar-refractivity contribution in [2.45, 2.75) is 31.2 Å². The van der Waals surface area contributed by atoms with Gasteiger partial charge in [-0.05, 0) is 36.6 Å². The lowest BCUT2D eigenvalue weighted by molar-refractivity contribution is -0.155. The van der Waals surface area contributed by atoms with E-state index >= 15 is 0 Å². The number of fused-ring (bicyclic) bond motifs is 1. The molecule has 4 rings (SSSR count). The predicted molar refractivity (Wildman–Crippen MR) is 120 cm³/mol. The van der Waals surface area contributed by atoms with Gasteiger partial charge in [0.05, 0.1) is 7.11 Å². The highest BCUT2D eigenvalue weighted by molar-refractivity contribution is 5.96. The number of rotatable bonds is 6. The molecule has 2 amide bonds. The van der Waals surface area contributed by atoms with Crippen LogP contribution in [0.25, 0.3) is 11.0 Å². The summed E-state index contributed by atoms with van der Waals surface area (Å²) in [6, 6.07) is 6.98. The van der Waals surface area contributed by atoms with E-state index in [0.717, 1.165) is 17.4 Å². The molecule has 2 N–H and O–H groups in total. The van der Waals surface area contributed by atoms with Crippen molar-refractivity contribution >= 4 is 28.8 Å². The van der Waals surface area contributed by atoms with E-state index in [0.29, 0.717) is 25.1 Å². The molecule has 10 nitrogen and oxygen atoms in total. The van der Waals surface area contributed by atoms with Crippen molar-refractivity contribution in [2.75, 3.05) is 34.3 Å². The number of esters is 1. The third-order valence-electron chi connectivity index (χ3n) is 6.12. The Hall–Kier alpha value is -3.53. The number of ether oxygens (including phenoxy) is 1. The average molecular weight is 456 g/mol. The van der Waals surface area contributed by atoms with Gasteiger partial charge in [0.25, 0.3) is 5.91 Å². The molecule has 10 heteroatoms. The second-order valence-corrected chi connectivity index (χ2v) is 8.48. The number of piperidine rings is 1. The largest absolute Gasteiger partial charge is 0.467 e. The van der Waals surface area contributed by atoms with E-state index in [1.165, 1.54) is 12.0 Å². The standard InChI is InChI=1S/C23H29N5O5/c1-26(2)22(30)20-13-17-12-15(5-7-19(17)33-20)16-4-6-18(23(31)32-3)28(14-16)21(29)8-10-27-11-9-24-25-27/h5,7,9,11-13,16,18,24-25H,4,6,8,10,14H2,1-3H3/t16-,18+/m0/s1. The topological polar surface area (TPSA) is 107 Å². The van der Waals surface area contributed by atoms with E-state index in [1.807, 2.05) is 18.2 Å². The summed E-state index contributed by atoms with van der Waals surface area (Å²) in [6.07, 6.45) is 5.08. The Bertz CT molecular complexity index is 1080. The van der Waals surface area contributed by atoms with Gasteiger partial charge in [-0.1, -0.05) is 6.07 Å². The van der Waals surface area contributed by atoms with Gasteiger partial charge >= 0.3 is 5.97 Å². The molecule has 0 unspecified atom stereocenters. The molecular formula is C23H29N5O5. The fourth-order valence-corrected chi connectivity index (χ4v) is 4.32. The molecule has 0 bridgehead atoms. The minimum Gasteiger partial charge on any atom is -0.467 e. The second kappa shape index (κ2) is 9.53. The van der Waals surface area contributed by atoms with E-state index < -0.39 is 6.04 Å². The third kappa shape index (κ3) is 4.80. The molecule has 1 fully saturated rings. The van der Waals surface area contributed by atoms with Crippen molar-refractivity contribution < 1.29 is 23.5 Å². The van der Waals surface area contributed by atoms with Crippen molar-refractivity contribution in [3.63, 3.8) is 0 Å². The van der Waals surface area contributed by atoms with Gasteiger partial charge in [-0.2, -0.15) is 0 Å². The highest BCUT2D eigenvalue weighted by atomic mass is 16.5. The molecule has 3 heterocycles. The van der Waals surface area contributed by atoms with Crippen LogP contribution in [0.5, 0.6) is 0 Å². The summed E-state index contributed by atoms with van der Waals surface area (Å²) in [5.41, 5.74) is 7.42. The lowest BCUT2D eigenvalue weighted by Gasteiger charge is -2.38. The third-order valence-corrected chi connectivity index (χ3v) is 6.12. The molecule has 0 spiro atoms. The first-order chi connectivity index (χ1) is 15.9. The second-order valence-electron chi connectivity index (χ2n) is 8.48. The number of methoxy groups -OCH3 is 1. The highest BCUT2D eigenvalue weighted by Crippen LogP contribution is 2.33. The molecule has 0 radical (unpaired) electrons. The molecule has 33 heavy (non-hydrogen) atoms. The quantitative estimate of drug-likeness (QED) is 0.632. The first-order valence-electron chi connectivity index (χ1n) is 10.9. The Morgan fingerprint density at radius 2 is 2.03 bits per heavy atom. The summed E-state index contributed by atoms with van der Waals surface area (Å²) in [6.45, 7) is 0.897. The molecule has 0 aliphatic carbocycles. The minimum absolute atomic E-state index is 0.0635. The number of amides is 2. The first kappa shape index (κ1) is 22.7. The van der Waals surface area contributed by atoms with Crippen LogP contribution in [0.1, 0.15) is 41.3 Å². The lowest BCUT2D eigenvalue weighted by Crippen LogP contribution is -2.51. The van der Waals surface area contributed by atoms with Gasteiger partial charge in [0.2, 0.25) is 5.91 Å². The fraction of sp³-hybridized carbons (Fsp3) is 0.435. The summed E-state index contributed by atoms with van der Waals surface area (Å²) < 4.78 is 10.7. The summed E-state index contributed by atoms with van der Waals surface area (Å²) >= 11 is 0. The number of nitrogens with zero attached hydrogens (tertiary/aromatic N) is 3. The van der Waals surface area contributed by atoms with Crippen LogP contribution in [-0.2, 0) is 14.3 Å². The van der Waals surface area contributed by atoms with Crippen LogP contribution in [0.3, 0.4) is 0 Å². The predicted octanol–water partition coefficient (Wildman–Crippen LogP) is 1.57. The molecule has 2 aromatic rings. The first-order valence-corrected chi connectivity index (χ1v) is 10.9. The van der Waals surface area contributed by atoms with Gasteiger partial charge in [-0.25, -0.2) is 4.79 Å². The van der Waals surface area contributed by atoms with E-state index in [2.05, 4.69) is 11.0 Å². The van der Waals surface area contributed by atoms with E-state index in [-0.39, 0.29) is 35.9 Å². The van der Waals surface area contributed by atoms with Gasteiger partial charge in [0, 0.05) is 57.3 Å². The number of carbonyl (C=O) groups is 3. The number of benzene rings is 1. The summed E-state index contributed by atoms with van der Waals surface area (Å²) in [5, 5.41) is 2.61. The van der Waals surface area contributed by atoms with E-state index in [9.17, 15) is 14.4 Å². The van der Waals surface area contributed by atoms with Crippen molar-refractivity contribution in [3.8, 4) is 0 Å². The zero-order valence-electron chi connectivity index (χ0n) is 19.0. The van der Waals surface area contributed by atoms with E-state index in [1.54, 1.807) is 42.5 Å². The molecular weight excluding hydrogens is 426 g/mol. The zero-order chi connectivity index (χ0) is 23.5. The molecule has 1 aromatic heterocycles. The van der Waals surface area contributed by atoms with Crippen LogP contribution in [-0.4, -0.2) is 72.9 Å². The summed E-state index contributed by atoms with van der Waals surface area (Å²) in [4.78, 5) is 40.8. The van der Waals surface area contributed by atoms with Crippen LogP contribution in [0, 0.1) is 0 Å². The normalized spacial score (nSPS) is 20.1. The Morgan fingerprint density at radius 3 is 2.73 bits per heavy atom. The molecule has 0 saturated carbocycles.